The lowest BCUT2D eigenvalue weighted by Crippen LogP contribution is -2.51. The summed E-state index contributed by atoms with van der Waals surface area (Å²) in [5, 5.41) is 3.80. The van der Waals surface area contributed by atoms with Gasteiger partial charge in [0.05, 0.1) is 6.61 Å². The summed E-state index contributed by atoms with van der Waals surface area (Å²) in [5.74, 6) is 0.756. The molecule has 2 atom stereocenters. The van der Waals surface area contributed by atoms with Gasteiger partial charge in [-0.1, -0.05) is 0 Å². The van der Waals surface area contributed by atoms with Crippen LogP contribution in [0.25, 0.3) is 0 Å². The largest absolute Gasteiger partial charge is 0.450 e. The van der Waals surface area contributed by atoms with Gasteiger partial charge in [-0.2, -0.15) is 0 Å². The zero-order valence-electron chi connectivity index (χ0n) is 13.8. The smallest absolute Gasteiger partial charge is 0.409 e. The van der Waals surface area contributed by atoms with E-state index in [2.05, 4.69) is 24.2 Å². The Labute approximate surface area is 129 Å². The van der Waals surface area contributed by atoms with Crippen LogP contribution in [-0.4, -0.2) is 67.8 Å². The number of carbonyl (C=O) groups excluding carboxylic acids is 1. The van der Waals surface area contributed by atoms with Crippen molar-refractivity contribution in [2.45, 2.75) is 51.6 Å². The van der Waals surface area contributed by atoms with E-state index in [9.17, 15) is 4.79 Å². The third-order valence-electron chi connectivity index (χ3n) is 4.89. The Kier molecular flexibility index (Phi) is 6.30. The van der Waals surface area contributed by atoms with E-state index in [1.54, 1.807) is 0 Å². The van der Waals surface area contributed by atoms with E-state index in [0.29, 0.717) is 18.7 Å². The number of hydrogen-bond donors (Lipinski definition) is 1. The highest BCUT2D eigenvalue weighted by molar-refractivity contribution is 5.67. The third kappa shape index (κ3) is 4.85. The van der Waals surface area contributed by atoms with E-state index >= 15 is 0 Å². The molecule has 0 aromatic rings. The molecule has 2 aliphatic heterocycles. The molecule has 2 aliphatic rings. The average Bonchev–Trinajstić information content (AvgIpc) is 2.48. The van der Waals surface area contributed by atoms with Crippen LogP contribution in [0.4, 0.5) is 4.79 Å². The second-order valence-corrected chi connectivity index (χ2v) is 6.58. The maximum atomic E-state index is 11.7. The van der Waals surface area contributed by atoms with Gasteiger partial charge in [-0.3, -0.25) is 0 Å². The number of hydrogen-bond acceptors (Lipinski definition) is 4. The Morgan fingerprint density at radius 3 is 2.62 bits per heavy atom. The van der Waals surface area contributed by atoms with E-state index in [1.807, 2.05) is 11.8 Å². The van der Waals surface area contributed by atoms with Gasteiger partial charge in [-0.15, -0.1) is 0 Å². The summed E-state index contributed by atoms with van der Waals surface area (Å²) >= 11 is 0. The summed E-state index contributed by atoms with van der Waals surface area (Å²) in [5.41, 5.74) is 0. The third-order valence-corrected chi connectivity index (χ3v) is 4.89. The predicted molar refractivity (Wildman–Crippen MR) is 84.4 cm³/mol. The van der Waals surface area contributed by atoms with Crippen molar-refractivity contribution in [1.82, 2.24) is 15.1 Å². The summed E-state index contributed by atoms with van der Waals surface area (Å²) in [6.45, 7) is 8.71. The van der Waals surface area contributed by atoms with Crippen LogP contribution in [0.15, 0.2) is 0 Å². The Morgan fingerprint density at radius 1 is 1.29 bits per heavy atom. The average molecular weight is 297 g/mol. The van der Waals surface area contributed by atoms with Crippen molar-refractivity contribution >= 4 is 6.09 Å². The van der Waals surface area contributed by atoms with Crippen LogP contribution in [0.5, 0.6) is 0 Å². The normalized spacial score (nSPS) is 26.6. The number of amides is 1. The Hall–Kier alpha value is -0.810. The number of likely N-dealkylation sites (tertiary alicyclic amines) is 2. The number of rotatable bonds is 4. The van der Waals surface area contributed by atoms with Gasteiger partial charge >= 0.3 is 6.09 Å². The molecule has 0 bridgehead atoms. The standard InChI is InChI=1S/C16H31N3O2/c1-4-21-16(20)19-10-7-15(8-11-19)17-13(2)14-6-5-9-18(3)12-14/h13-15,17H,4-12H2,1-3H3. The van der Waals surface area contributed by atoms with Crippen molar-refractivity contribution in [3.63, 3.8) is 0 Å². The van der Waals surface area contributed by atoms with Gasteiger partial charge in [0.25, 0.3) is 0 Å². The summed E-state index contributed by atoms with van der Waals surface area (Å²) in [6.07, 6.45) is 4.56. The van der Waals surface area contributed by atoms with Gasteiger partial charge in [0, 0.05) is 31.7 Å². The van der Waals surface area contributed by atoms with Crippen molar-refractivity contribution in [3.8, 4) is 0 Å². The van der Waals surface area contributed by atoms with E-state index < -0.39 is 0 Å². The second-order valence-electron chi connectivity index (χ2n) is 6.58. The highest BCUT2D eigenvalue weighted by atomic mass is 16.6. The van der Waals surface area contributed by atoms with E-state index in [-0.39, 0.29) is 6.09 Å². The molecule has 2 rings (SSSR count). The van der Waals surface area contributed by atoms with Crippen LogP contribution in [0.2, 0.25) is 0 Å². The minimum absolute atomic E-state index is 0.155. The molecule has 0 aromatic carbocycles. The Bertz CT molecular complexity index is 329. The number of nitrogens with one attached hydrogen (secondary N) is 1. The molecular formula is C16H31N3O2. The molecular weight excluding hydrogens is 266 g/mol. The van der Waals surface area contributed by atoms with Crippen LogP contribution in [0.1, 0.15) is 39.5 Å². The lowest BCUT2D eigenvalue weighted by molar-refractivity contribution is 0.0920. The molecule has 0 aromatic heterocycles. The van der Waals surface area contributed by atoms with E-state index in [1.165, 1.54) is 25.9 Å². The number of carbonyl (C=O) groups is 1. The summed E-state index contributed by atoms with van der Waals surface area (Å²) < 4.78 is 5.07. The fourth-order valence-corrected chi connectivity index (χ4v) is 3.57. The van der Waals surface area contributed by atoms with Gasteiger partial charge in [-0.25, -0.2) is 4.79 Å². The van der Waals surface area contributed by atoms with Crippen LogP contribution in [0, 0.1) is 5.92 Å². The van der Waals surface area contributed by atoms with Crippen LogP contribution in [-0.2, 0) is 4.74 Å². The topological polar surface area (TPSA) is 44.8 Å². The molecule has 0 aliphatic carbocycles. The van der Waals surface area contributed by atoms with E-state index in [4.69, 9.17) is 4.74 Å². The Morgan fingerprint density at radius 2 is 2.00 bits per heavy atom. The molecule has 2 fully saturated rings. The first-order valence-corrected chi connectivity index (χ1v) is 8.46. The molecule has 5 heteroatoms. The molecule has 1 amide bonds. The summed E-state index contributed by atoms with van der Waals surface area (Å²) in [6, 6.07) is 1.10. The second kappa shape index (κ2) is 7.99. The van der Waals surface area contributed by atoms with Gasteiger partial charge in [-0.05, 0) is 59.0 Å². The molecule has 122 valence electrons. The van der Waals surface area contributed by atoms with Gasteiger partial charge in [0.1, 0.15) is 0 Å². The minimum atomic E-state index is -0.155. The molecule has 5 nitrogen and oxygen atoms in total. The molecule has 2 saturated heterocycles. The SMILES string of the molecule is CCOC(=O)N1CCC(NC(C)C2CCCN(C)C2)CC1. The zero-order valence-corrected chi connectivity index (χ0v) is 13.8. The molecule has 2 heterocycles. The first-order chi connectivity index (χ1) is 10.1. The number of nitrogens with zero attached hydrogens (tertiary/aromatic N) is 2. The molecule has 0 radical (unpaired) electrons. The van der Waals surface area contributed by atoms with Crippen LogP contribution in [0.3, 0.4) is 0 Å². The zero-order chi connectivity index (χ0) is 15.2. The number of piperidine rings is 2. The highest BCUT2D eigenvalue weighted by Crippen LogP contribution is 2.20. The van der Waals surface area contributed by atoms with Crippen LogP contribution < -0.4 is 5.32 Å². The fourth-order valence-electron chi connectivity index (χ4n) is 3.57. The van der Waals surface area contributed by atoms with Crippen molar-refractivity contribution in [2.75, 3.05) is 39.8 Å². The fraction of sp³-hybridized carbons (Fsp3) is 0.938. The first-order valence-electron chi connectivity index (χ1n) is 8.46. The van der Waals surface area contributed by atoms with Gasteiger partial charge in [0.2, 0.25) is 0 Å². The maximum absolute atomic E-state index is 11.7. The van der Waals surface area contributed by atoms with Crippen molar-refractivity contribution in [1.29, 1.82) is 0 Å². The van der Waals surface area contributed by atoms with Crippen molar-refractivity contribution < 1.29 is 9.53 Å². The van der Waals surface area contributed by atoms with Crippen LogP contribution >= 0.6 is 0 Å². The monoisotopic (exact) mass is 297 g/mol. The van der Waals surface area contributed by atoms with Crippen molar-refractivity contribution in [3.05, 3.63) is 0 Å². The minimum Gasteiger partial charge on any atom is -0.450 e. The van der Waals surface area contributed by atoms with Crippen molar-refractivity contribution in [2.24, 2.45) is 5.92 Å². The highest BCUT2D eigenvalue weighted by Gasteiger charge is 2.28. The van der Waals surface area contributed by atoms with Gasteiger partial charge < -0.3 is 19.9 Å². The quantitative estimate of drug-likeness (QED) is 0.861. The van der Waals surface area contributed by atoms with Gasteiger partial charge in [0.15, 0.2) is 0 Å². The lowest BCUT2D eigenvalue weighted by atomic mass is 9.90. The molecule has 2 unspecified atom stereocenters. The molecule has 21 heavy (non-hydrogen) atoms. The number of ether oxygens (including phenoxy) is 1. The predicted octanol–water partition coefficient (Wildman–Crippen LogP) is 1.93. The Balaban J connectivity index is 1.71. The maximum Gasteiger partial charge on any atom is 0.409 e. The molecule has 1 N–H and O–H groups in total. The first kappa shape index (κ1) is 16.6. The lowest BCUT2D eigenvalue weighted by Gasteiger charge is -2.38. The molecule has 0 saturated carbocycles. The van der Waals surface area contributed by atoms with E-state index in [0.717, 1.165) is 31.8 Å². The summed E-state index contributed by atoms with van der Waals surface area (Å²) in [4.78, 5) is 16.0. The summed E-state index contributed by atoms with van der Waals surface area (Å²) in [7, 11) is 2.22. The molecule has 0 spiro atoms.